The summed E-state index contributed by atoms with van der Waals surface area (Å²) in [5, 5.41) is 3.84. The molecule has 0 aliphatic carbocycles. The average molecular weight is 385 g/mol. The fourth-order valence-corrected chi connectivity index (χ4v) is 3.17. The first kappa shape index (κ1) is 16.5. The summed E-state index contributed by atoms with van der Waals surface area (Å²) in [5.74, 6) is -0.0833. The Morgan fingerprint density at radius 3 is 2.67 bits per heavy atom. The van der Waals surface area contributed by atoms with Crippen molar-refractivity contribution in [3.63, 3.8) is 0 Å². The molecule has 2 N–H and O–H groups in total. The van der Waals surface area contributed by atoms with E-state index in [4.69, 9.17) is 0 Å². The summed E-state index contributed by atoms with van der Waals surface area (Å²) in [7, 11) is 0. The van der Waals surface area contributed by atoms with Crippen LogP contribution < -0.4 is 10.9 Å². The summed E-state index contributed by atoms with van der Waals surface area (Å²) in [6.07, 6.45) is 0.272. The number of halogens is 1. The van der Waals surface area contributed by atoms with Gasteiger partial charge in [-0.05, 0) is 76.6 Å². The smallest absolute Gasteiger partial charge is 0.251 e. The number of aromatic amines is 1. The van der Waals surface area contributed by atoms with Gasteiger partial charge in [0.05, 0.1) is 12.1 Å². The molecule has 0 bridgehead atoms. The maximum Gasteiger partial charge on any atom is 0.251 e. The van der Waals surface area contributed by atoms with Crippen LogP contribution in [-0.4, -0.2) is 10.9 Å². The van der Waals surface area contributed by atoms with Crippen LogP contribution in [0.2, 0.25) is 0 Å². The number of carbonyl (C=O) groups is 1. The largest absolute Gasteiger partial charge is 0.325 e. The van der Waals surface area contributed by atoms with Crippen molar-refractivity contribution in [2.45, 2.75) is 20.3 Å². The Morgan fingerprint density at radius 1 is 1.12 bits per heavy atom. The highest BCUT2D eigenvalue weighted by atomic mass is 79.9. The van der Waals surface area contributed by atoms with Crippen LogP contribution in [-0.2, 0) is 11.2 Å². The second-order valence-corrected chi connectivity index (χ2v) is 6.77. The number of pyridine rings is 1. The summed E-state index contributed by atoms with van der Waals surface area (Å²) < 4.78 is 0.863. The van der Waals surface area contributed by atoms with Gasteiger partial charge in [0.2, 0.25) is 5.91 Å². The molecule has 4 nitrogen and oxygen atoms in total. The van der Waals surface area contributed by atoms with Gasteiger partial charge in [-0.25, -0.2) is 0 Å². The third-order valence-corrected chi connectivity index (χ3v) is 4.51. The Hall–Kier alpha value is -2.40. The molecule has 122 valence electrons. The van der Waals surface area contributed by atoms with E-state index in [1.54, 1.807) is 6.92 Å². The Bertz CT molecular complexity index is 992. The van der Waals surface area contributed by atoms with Crippen LogP contribution in [0.1, 0.15) is 16.7 Å². The lowest BCUT2D eigenvalue weighted by molar-refractivity contribution is -0.115. The normalized spacial score (nSPS) is 10.8. The van der Waals surface area contributed by atoms with Gasteiger partial charge in [-0.15, -0.1) is 0 Å². The minimum Gasteiger partial charge on any atom is -0.325 e. The Balaban J connectivity index is 1.80. The fraction of sp³-hybridized carbons (Fsp3) is 0.158. The zero-order valence-electron chi connectivity index (χ0n) is 13.4. The standard InChI is InChI=1S/C19H17BrN2O2/c1-11-3-5-17(15(20)7-11)21-18(23)10-13-4-6-16-14(9-13)8-12(2)19(24)22-16/h3-9H,10H2,1-2H3,(H,21,23)(H,22,24). The SMILES string of the molecule is Cc1ccc(NC(=O)Cc2ccc3[nH]c(=O)c(C)cc3c2)c(Br)c1. The number of hydrogen-bond acceptors (Lipinski definition) is 2. The van der Waals surface area contributed by atoms with Crippen molar-refractivity contribution in [1.82, 2.24) is 4.98 Å². The van der Waals surface area contributed by atoms with Gasteiger partial charge in [-0.2, -0.15) is 0 Å². The van der Waals surface area contributed by atoms with Gasteiger partial charge >= 0.3 is 0 Å². The number of H-pyrrole nitrogens is 1. The summed E-state index contributed by atoms with van der Waals surface area (Å²) in [4.78, 5) is 26.7. The molecule has 0 atom stereocenters. The van der Waals surface area contributed by atoms with Crippen LogP contribution in [0.15, 0.2) is 51.7 Å². The van der Waals surface area contributed by atoms with E-state index in [1.807, 2.05) is 49.4 Å². The molecule has 3 rings (SSSR count). The van der Waals surface area contributed by atoms with Crippen LogP contribution in [0, 0.1) is 13.8 Å². The molecule has 1 amide bonds. The quantitative estimate of drug-likeness (QED) is 0.714. The first-order valence-corrected chi connectivity index (χ1v) is 8.40. The summed E-state index contributed by atoms with van der Waals surface area (Å²) in [6, 6.07) is 13.3. The molecule has 1 heterocycles. The predicted molar refractivity (Wildman–Crippen MR) is 101 cm³/mol. The average Bonchev–Trinajstić information content (AvgIpc) is 2.51. The van der Waals surface area contributed by atoms with E-state index in [1.165, 1.54) is 0 Å². The number of fused-ring (bicyclic) bond motifs is 1. The lowest BCUT2D eigenvalue weighted by Gasteiger charge is -2.09. The highest BCUT2D eigenvalue weighted by molar-refractivity contribution is 9.10. The van der Waals surface area contributed by atoms with Crippen molar-refractivity contribution >= 4 is 38.4 Å². The number of benzene rings is 2. The van der Waals surface area contributed by atoms with E-state index in [9.17, 15) is 9.59 Å². The molecule has 0 saturated heterocycles. The second kappa shape index (κ2) is 6.61. The molecule has 1 aromatic heterocycles. The second-order valence-electron chi connectivity index (χ2n) is 5.91. The molecule has 0 radical (unpaired) electrons. The molecule has 0 fully saturated rings. The van der Waals surface area contributed by atoms with Crippen LogP contribution >= 0.6 is 15.9 Å². The zero-order chi connectivity index (χ0) is 17.3. The summed E-state index contributed by atoms with van der Waals surface area (Å²) >= 11 is 3.46. The van der Waals surface area contributed by atoms with Gasteiger partial charge in [-0.1, -0.05) is 12.1 Å². The van der Waals surface area contributed by atoms with E-state index in [0.717, 1.165) is 32.2 Å². The molecular weight excluding hydrogens is 368 g/mol. The number of anilines is 1. The minimum absolute atomic E-state index is 0.0833. The zero-order valence-corrected chi connectivity index (χ0v) is 15.0. The number of amides is 1. The van der Waals surface area contributed by atoms with Gasteiger partial charge in [0, 0.05) is 15.6 Å². The molecule has 0 saturated carbocycles. The molecular formula is C19H17BrN2O2. The predicted octanol–water partition coefficient (Wildman–Crippen LogP) is 4.09. The minimum atomic E-state index is -0.0859. The third-order valence-electron chi connectivity index (χ3n) is 3.86. The number of hydrogen-bond donors (Lipinski definition) is 2. The summed E-state index contributed by atoms with van der Waals surface area (Å²) in [5.41, 5.74) is 4.13. The molecule has 0 spiro atoms. The van der Waals surface area contributed by atoms with Gasteiger partial charge in [0.15, 0.2) is 0 Å². The van der Waals surface area contributed by atoms with Gasteiger partial charge in [0.1, 0.15) is 0 Å². The van der Waals surface area contributed by atoms with E-state index >= 15 is 0 Å². The fourth-order valence-electron chi connectivity index (χ4n) is 2.58. The van der Waals surface area contributed by atoms with Gasteiger partial charge in [-0.3, -0.25) is 9.59 Å². The van der Waals surface area contributed by atoms with E-state index in [2.05, 4.69) is 26.2 Å². The van der Waals surface area contributed by atoms with Crippen molar-refractivity contribution in [3.8, 4) is 0 Å². The molecule has 2 aromatic carbocycles. The first-order valence-electron chi connectivity index (χ1n) is 7.61. The third kappa shape index (κ3) is 3.57. The van der Waals surface area contributed by atoms with Gasteiger partial charge in [0.25, 0.3) is 5.56 Å². The first-order chi connectivity index (χ1) is 11.4. The molecule has 0 aliphatic heterocycles. The van der Waals surface area contributed by atoms with Crippen LogP contribution in [0.25, 0.3) is 10.9 Å². The number of aromatic nitrogens is 1. The lowest BCUT2D eigenvalue weighted by Crippen LogP contribution is -2.15. The number of carbonyl (C=O) groups excluding carboxylic acids is 1. The monoisotopic (exact) mass is 384 g/mol. The molecule has 5 heteroatoms. The molecule has 0 aliphatic rings. The Kier molecular flexibility index (Phi) is 4.53. The van der Waals surface area contributed by atoms with Crippen molar-refractivity contribution < 1.29 is 4.79 Å². The van der Waals surface area contributed by atoms with E-state index < -0.39 is 0 Å². The topological polar surface area (TPSA) is 62.0 Å². The van der Waals surface area contributed by atoms with Crippen LogP contribution in [0.5, 0.6) is 0 Å². The highest BCUT2D eigenvalue weighted by Crippen LogP contribution is 2.23. The summed E-state index contributed by atoms with van der Waals surface area (Å²) in [6.45, 7) is 3.77. The number of aryl methyl sites for hydroxylation is 2. The van der Waals surface area contributed by atoms with E-state index in [-0.39, 0.29) is 17.9 Å². The van der Waals surface area contributed by atoms with Crippen molar-refractivity contribution in [2.75, 3.05) is 5.32 Å². The number of nitrogens with one attached hydrogen (secondary N) is 2. The van der Waals surface area contributed by atoms with Crippen molar-refractivity contribution in [3.05, 3.63) is 74.0 Å². The molecule has 24 heavy (non-hydrogen) atoms. The van der Waals surface area contributed by atoms with Gasteiger partial charge < -0.3 is 10.3 Å². The number of rotatable bonds is 3. The molecule has 0 unspecified atom stereocenters. The maximum absolute atomic E-state index is 12.3. The Labute approximate surface area is 148 Å². The van der Waals surface area contributed by atoms with Crippen molar-refractivity contribution in [2.24, 2.45) is 0 Å². The Morgan fingerprint density at radius 2 is 1.92 bits per heavy atom. The lowest BCUT2D eigenvalue weighted by atomic mass is 10.1. The van der Waals surface area contributed by atoms with Crippen LogP contribution in [0.3, 0.4) is 0 Å². The highest BCUT2D eigenvalue weighted by Gasteiger charge is 2.08. The maximum atomic E-state index is 12.3. The van der Waals surface area contributed by atoms with Crippen molar-refractivity contribution in [1.29, 1.82) is 0 Å². The van der Waals surface area contributed by atoms with E-state index in [0.29, 0.717) is 5.56 Å². The van der Waals surface area contributed by atoms with Crippen LogP contribution in [0.4, 0.5) is 5.69 Å². The molecule has 3 aromatic rings.